The van der Waals surface area contributed by atoms with Gasteiger partial charge in [0.05, 0.1) is 34.9 Å². The number of thiophene rings is 1. The highest BCUT2D eigenvalue weighted by Crippen LogP contribution is 2.35. The first kappa shape index (κ1) is 26.5. The molecule has 5 rings (SSSR count). The summed E-state index contributed by atoms with van der Waals surface area (Å²) in [4.78, 5) is 14.7. The maximum absolute atomic E-state index is 13.0. The van der Waals surface area contributed by atoms with Crippen LogP contribution in [0.2, 0.25) is 4.34 Å². The Hall–Kier alpha value is -3.12. The molecule has 1 amide bonds. The summed E-state index contributed by atoms with van der Waals surface area (Å²) in [5.41, 5.74) is 2.65. The number of benzene rings is 2. The zero-order chi connectivity index (χ0) is 26.9. The first-order valence-electron chi connectivity index (χ1n) is 12.1. The van der Waals surface area contributed by atoms with Crippen LogP contribution in [0.5, 0.6) is 5.75 Å². The molecule has 3 heterocycles. The van der Waals surface area contributed by atoms with Gasteiger partial charge in [-0.25, -0.2) is 8.42 Å². The van der Waals surface area contributed by atoms with Gasteiger partial charge in [-0.3, -0.25) is 19.1 Å². The van der Waals surface area contributed by atoms with E-state index in [1.54, 1.807) is 16.8 Å². The van der Waals surface area contributed by atoms with E-state index >= 15 is 0 Å². The van der Waals surface area contributed by atoms with Crippen LogP contribution in [0.3, 0.4) is 0 Å². The number of ether oxygens (including phenoxy) is 1. The van der Waals surface area contributed by atoms with Crippen LogP contribution >= 0.6 is 22.9 Å². The molecule has 1 saturated heterocycles. The topological polar surface area (TPSA) is 106 Å². The number of hydrogen-bond donors (Lipinski definition) is 2. The minimum Gasteiger partial charge on any atom is -0.496 e. The van der Waals surface area contributed by atoms with Gasteiger partial charge in [0, 0.05) is 6.54 Å². The van der Waals surface area contributed by atoms with Crippen LogP contribution in [0.4, 0.5) is 5.82 Å². The van der Waals surface area contributed by atoms with Crippen LogP contribution in [-0.2, 0) is 27.9 Å². The van der Waals surface area contributed by atoms with Crippen LogP contribution in [0.25, 0.3) is 10.9 Å². The van der Waals surface area contributed by atoms with Gasteiger partial charge in [-0.15, -0.1) is 11.3 Å². The highest BCUT2D eigenvalue weighted by Gasteiger charge is 2.27. The van der Waals surface area contributed by atoms with Crippen molar-refractivity contribution in [2.24, 2.45) is 0 Å². The lowest BCUT2D eigenvalue weighted by atomic mass is 10.1. The molecule has 1 aliphatic rings. The van der Waals surface area contributed by atoms with E-state index < -0.39 is 10.0 Å². The number of carbonyl (C=O) groups excluding carboxylic acids is 1. The summed E-state index contributed by atoms with van der Waals surface area (Å²) >= 11 is 6.93. The summed E-state index contributed by atoms with van der Waals surface area (Å²) in [5, 5.41) is 8.23. The van der Waals surface area contributed by atoms with Gasteiger partial charge in [0.25, 0.3) is 10.0 Å². The second-order valence-electron chi connectivity index (χ2n) is 9.20. The molecular weight excluding hydrogens is 546 g/mol. The number of methoxy groups -OCH3 is 1. The first-order valence-corrected chi connectivity index (χ1v) is 14.8. The quantitative estimate of drug-likeness (QED) is 0.309. The Bertz CT molecular complexity index is 1580. The highest BCUT2D eigenvalue weighted by molar-refractivity contribution is 7.94. The summed E-state index contributed by atoms with van der Waals surface area (Å²) in [6.45, 7) is 1.76. The Kier molecular flexibility index (Phi) is 7.62. The zero-order valence-corrected chi connectivity index (χ0v) is 23.4. The molecule has 2 aromatic carbocycles. The van der Waals surface area contributed by atoms with Gasteiger partial charge in [-0.05, 0) is 61.8 Å². The number of aromatic nitrogens is 2. The number of rotatable bonds is 9. The van der Waals surface area contributed by atoms with E-state index in [1.165, 1.54) is 13.2 Å². The average molecular weight is 574 g/mol. The summed E-state index contributed by atoms with van der Waals surface area (Å²) in [6, 6.07) is 16.3. The van der Waals surface area contributed by atoms with Gasteiger partial charge in [-0.1, -0.05) is 41.9 Å². The molecule has 12 heteroatoms. The van der Waals surface area contributed by atoms with Gasteiger partial charge < -0.3 is 10.1 Å². The molecule has 2 aromatic heterocycles. The Morgan fingerprint density at radius 1 is 1.18 bits per heavy atom. The van der Waals surface area contributed by atoms with Crippen LogP contribution in [-0.4, -0.2) is 55.7 Å². The molecule has 2 N–H and O–H groups in total. The van der Waals surface area contributed by atoms with E-state index in [1.807, 2.05) is 43.4 Å². The van der Waals surface area contributed by atoms with Gasteiger partial charge >= 0.3 is 0 Å². The number of amides is 1. The monoisotopic (exact) mass is 573 g/mol. The van der Waals surface area contributed by atoms with Gasteiger partial charge in [0.1, 0.15) is 9.96 Å². The number of anilines is 1. The van der Waals surface area contributed by atoms with Crippen LogP contribution in [0.15, 0.2) is 58.8 Å². The third-order valence-corrected chi connectivity index (χ3v) is 9.68. The standard InChI is InChI=1S/C26H28ClN5O4S2/c1-31-13-5-9-20(31)26(33)28-15-17-6-3-7-18(14-17)16-32-19-8-4-10-21(36-2)24(19)25(29-32)30-38(34,35)23-12-11-22(27)37-23/h3-4,6-8,10-12,14,20H,5,9,13,15-16H2,1-2H3,(H,28,33)(H,29,30). The molecule has 1 unspecified atom stereocenters. The molecule has 200 valence electrons. The minimum atomic E-state index is -3.89. The van der Waals surface area contributed by atoms with Crippen LogP contribution in [0.1, 0.15) is 24.0 Å². The number of likely N-dealkylation sites (tertiary alicyclic amines) is 1. The molecule has 38 heavy (non-hydrogen) atoms. The van der Waals surface area contributed by atoms with Gasteiger partial charge in [-0.2, -0.15) is 5.10 Å². The minimum absolute atomic E-state index is 0.0459. The number of nitrogens with zero attached hydrogens (tertiary/aromatic N) is 3. The van der Waals surface area contributed by atoms with E-state index in [0.717, 1.165) is 41.9 Å². The van der Waals surface area contributed by atoms with Crippen molar-refractivity contribution in [3.63, 3.8) is 0 Å². The maximum Gasteiger partial charge on any atom is 0.272 e. The molecule has 1 atom stereocenters. The second kappa shape index (κ2) is 10.9. The summed E-state index contributed by atoms with van der Waals surface area (Å²) in [7, 11) is -0.383. The average Bonchev–Trinajstić information content (AvgIpc) is 3.62. The molecule has 4 aromatic rings. The normalized spacial score (nSPS) is 16.1. The fourth-order valence-electron chi connectivity index (χ4n) is 4.74. The molecule has 0 bridgehead atoms. The fourth-order valence-corrected chi connectivity index (χ4v) is 7.23. The summed E-state index contributed by atoms with van der Waals surface area (Å²) in [5.74, 6) is 0.722. The molecule has 0 spiro atoms. The molecule has 1 fully saturated rings. The third-order valence-electron chi connectivity index (χ3n) is 6.62. The van der Waals surface area contributed by atoms with Crippen molar-refractivity contribution in [3.05, 3.63) is 70.1 Å². The zero-order valence-electron chi connectivity index (χ0n) is 21.0. The third kappa shape index (κ3) is 5.51. The van der Waals surface area contributed by atoms with Crippen molar-refractivity contribution >= 4 is 55.6 Å². The van der Waals surface area contributed by atoms with Crippen molar-refractivity contribution in [1.29, 1.82) is 0 Å². The van der Waals surface area contributed by atoms with E-state index in [4.69, 9.17) is 16.3 Å². The lowest BCUT2D eigenvalue weighted by Gasteiger charge is -2.18. The number of hydrogen-bond acceptors (Lipinski definition) is 7. The van der Waals surface area contributed by atoms with Crippen molar-refractivity contribution in [2.75, 3.05) is 25.4 Å². The Labute approximate surface area is 230 Å². The number of sulfonamides is 1. The molecule has 1 aliphatic heterocycles. The number of likely N-dealkylation sites (N-methyl/N-ethyl adjacent to an activating group) is 1. The van der Waals surface area contributed by atoms with E-state index in [0.29, 0.717) is 34.1 Å². The van der Waals surface area contributed by atoms with Crippen LogP contribution < -0.4 is 14.8 Å². The number of fused-ring (bicyclic) bond motifs is 1. The second-order valence-corrected chi connectivity index (χ2v) is 12.8. The molecule has 0 radical (unpaired) electrons. The van der Waals surface area contributed by atoms with Gasteiger partial charge in [0.15, 0.2) is 5.82 Å². The van der Waals surface area contributed by atoms with Gasteiger partial charge in [0.2, 0.25) is 5.91 Å². The number of nitrogens with one attached hydrogen (secondary N) is 2. The molecule has 0 aliphatic carbocycles. The first-order chi connectivity index (χ1) is 18.2. The molecular formula is C26H28ClN5O4S2. The molecule has 0 saturated carbocycles. The Morgan fingerprint density at radius 2 is 1.97 bits per heavy atom. The van der Waals surface area contributed by atoms with E-state index in [-0.39, 0.29) is 22.0 Å². The Balaban J connectivity index is 1.40. The SMILES string of the molecule is COc1cccc2c1c(NS(=O)(=O)c1ccc(Cl)s1)nn2Cc1cccc(CNC(=O)C2CCCN2C)c1. The smallest absolute Gasteiger partial charge is 0.272 e. The van der Waals surface area contributed by atoms with Crippen molar-refractivity contribution in [3.8, 4) is 5.75 Å². The lowest BCUT2D eigenvalue weighted by Crippen LogP contribution is -2.41. The fraction of sp³-hybridized carbons (Fsp3) is 0.308. The lowest BCUT2D eigenvalue weighted by molar-refractivity contribution is -0.125. The van der Waals surface area contributed by atoms with Crippen LogP contribution in [0, 0.1) is 0 Å². The predicted octanol–water partition coefficient (Wildman–Crippen LogP) is 4.32. The molecule has 9 nitrogen and oxygen atoms in total. The van der Waals surface area contributed by atoms with Crippen molar-refractivity contribution in [2.45, 2.75) is 36.2 Å². The van der Waals surface area contributed by atoms with E-state index in [9.17, 15) is 13.2 Å². The Morgan fingerprint density at radius 3 is 2.68 bits per heavy atom. The van der Waals surface area contributed by atoms with Crippen molar-refractivity contribution in [1.82, 2.24) is 20.0 Å². The number of halogens is 1. The highest BCUT2D eigenvalue weighted by atomic mass is 35.5. The maximum atomic E-state index is 13.0. The largest absolute Gasteiger partial charge is 0.496 e. The number of carbonyl (C=O) groups is 1. The van der Waals surface area contributed by atoms with Crippen molar-refractivity contribution < 1.29 is 17.9 Å². The summed E-state index contributed by atoms with van der Waals surface area (Å²) in [6.07, 6.45) is 1.91. The predicted molar refractivity (Wildman–Crippen MR) is 149 cm³/mol. The van der Waals surface area contributed by atoms with E-state index in [2.05, 4.69) is 20.0 Å². The summed E-state index contributed by atoms with van der Waals surface area (Å²) < 4.78 is 36.4.